The molecule has 3 N–H and O–H groups in total. The molecule has 1 atom stereocenters. The fraction of sp³-hybridized carbons (Fsp3) is 0.786. The summed E-state index contributed by atoms with van der Waals surface area (Å²) in [5, 5.41) is 17.3. The normalized spacial score (nSPS) is 24.1. The van der Waals surface area contributed by atoms with Crippen LogP contribution in [0, 0.1) is 0 Å². The predicted octanol–water partition coefficient (Wildman–Crippen LogP) is 0.665. The Balaban J connectivity index is 1.77. The first kappa shape index (κ1) is 14.3. The first-order chi connectivity index (χ1) is 10.3. The molecular formula is C14H24N6O. The molecule has 0 amide bonds. The van der Waals surface area contributed by atoms with Crippen molar-refractivity contribution in [3.8, 4) is 0 Å². The third-order valence-corrected chi connectivity index (χ3v) is 4.47. The lowest BCUT2D eigenvalue weighted by molar-refractivity contribution is 0.234. The van der Waals surface area contributed by atoms with Crippen LogP contribution in [0.5, 0.6) is 0 Å². The summed E-state index contributed by atoms with van der Waals surface area (Å²) >= 11 is 0. The van der Waals surface area contributed by atoms with E-state index in [-0.39, 0.29) is 12.6 Å². The molecule has 2 heterocycles. The molecule has 2 aliphatic rings. The van der Waals surface area contributed by atoms with E-state index in [1.54, 1.807) is 4.68 Å². The average Bonchev–Trinajstić information content (AvgIpc) is 2.98. The highest BCUT2D eigenvalue weighted by atomic mass is 16.3. The first-order valence-corrected chi connectivity index (χ1v) is 7.88. The summed E-state index contributed by atoms with van der Waals surface area (Å²) in [5.41, 5.74) is 7.03. The molecule has 7 nitrogen and oxygen atoms in total. The van der Waals surface area contributed by atoms with E-state index in [4.69, 9.17) is 10.8 Å². The van der Waals surface area contributed by atoms with E-state index in [2.05, 4.69) is 20.2 Å². The maximum atomic E-state index is 8.98. The SMILES string of the molecule is NC1=NCC(c2cn(CCO)nn2)N1C1CCCCCC1. The van der Waals surface area contributed by atoms with Crippen LogP contribution in [0.1, 0.15) is 50.3 Å². The van der Waals surface area contributed by atoms with Crippen LogP contribution in [0.4, 0.5) is 0 Å². The Kier molecular flexibility index (Phi) is 4.38. The Bertz CT molecular complexity index is 491. The molecule has 116 valence electrons. The number of aliphatic imine (C=N–C) groups is 1. The molecule has 0 spiro atoms. The molecule has 1 saturated carbocycles. The largest absolute Gasteiger partial charge is 0.394 e. The highest BCUT2D eigenvalue weighted by Gasteiger charge is 2.35. The lowest BCUT2D eigenvalue weighted by atomic mass is 10.0. The summed E-state index contributed by atoms with van der Waals surface area (Å²) in [4.78, 5) is 6.68. The van der Waals surface area contributed by atoms with E-state index >= 15 is 0 Å². The smallest absolute Gasteiger partial charge is 0.192 e. The van der Waals surface area contributed by atoms with E-state index in [1.807, 2.05) is 6.20 Å². The van der Waals surface area contributed by atoms with Gasteiger partial charge in [-0.25, -0.2) is 4.68 Å². The molecule has 7 heteroatoms. The van der Waals surface area contributed by atoms with Gasteiger partial charge in [0.1, 0.15) is 5.69 Å². The molecule has 1 unspecified atom stereocenters. The molecule has 0 bridgehead atoms. The number of rotatable bonds is 4. The maximum Gasteiger partial charge on any atom is 0.192 e. The van der Waals surface area contributed by atoms with Gasteiger partial charge in [-0.1, -0.05) is 30.9 Å². The van der Waals surface area contributed by atoms with Gasteiger partial charge in [-0.2, -0.15) is 0 Å². The lowest BCUT2D eigenvalue weighted by Crippen LogP contribution is -2.43. The van der Waals surface area contributed by atoms with Gasteiger partial charge in [-0.05, 0) is 12.8 Å². The number of aliphatic hydroxyl groups excluding tert-OH is 1. The van der Waals surface area contributed by atoms with Gasteiger partial charge in [0.15, 0.2) is 5.96 Å². The average molecular weight is 292 g/mol. The number of nitrogens with zero attached hydrogens (tertiary/aromatic N) is 5. The van der Waals surface area contributed by atoms with Gasteiger partial charge in [0.05, 0.1) is 31.9 Å². The van der Waals surface area contributed by atoms with Gasteiger partial charge in [-0.15, -0.1) is 5.10 Å². The topological polar surface area (TPSA) is 92.6 Å². The van der Waals surface area contributed by atoms with E-state index in [9.17, 15) is 0 Å². The van der Waals surface area contributed by atoms with Crippen LogP contribution in [-0.2, 0) is 6.54 Å². The minimum Gasteiger partial charge on any atom is -0.394 e. The number of aromatic nitrogens is 3. The van der Waals surface area contributed by atoms with E-state index < -0.39 is 0 Å². The molecule has 1 aliphatic carbocycles. The second-order valence-electron chi connectivity index (χ2n) is 5.90. The van der Waals surface area contributed by atoms with Crippen molar-refractivity contribution >= 4 is 5.96 Å². The molecule has 0 radical (unpaired) electrons. The highest BCUT2D eigenvalue weighted by molar-refractivity contribution is 5.80. The minimum atomic E-state index is 0.0679. The van der Waals surface area contributed by atoms with Crippen LogP contribution in [0.25, 0.3) is 0 Å². The Morgan fingerprint density at radius 3 is 2.71 bits per heavy atom. The molecule has 1 aromatic rings. The van der Waals surface area contributed by atoms with Crippen LogP contribution in [-0.4, -0.2) is 50.2 Å². The molecule has 0 saturated heterocycles. The van der Waals surface area contributed by atoms with Gasteiger partial charge in [0, 0.05) is 6.04 Å². The summed E-state index contributed by atoms with van der Waals surface area (Å²) in [6, 6.07) is 0.562. The summed E-state index contributed by atoms with van der Waals surface area (Å²) in [6.45, 7) is 1.19. The van der Waals surface area contributed by atoms with Crippen molar-refractivity contribution in [2.45, 2.75) is 57.2 Å². The third kappa shape index (κ3) is 3.02. The molecule has 1 fully saturated rings. The van der Waals surface area contributed by atoms with Crippen molar-refractivity contribution in [1.29, 1.82) is 0 Å². The predicted molar refractivity (Wildman–Crippen MR) is 79.7 cm³/mol. The van der Waals surface area contributed by atoms with Crippen molar-refractivity contribution in [3.05, 3.63) is 11.9 Å². The zero-order valence-electron chi connectivity index (χ0n) is 12.4. The standard InChI is InChI=1S/C14H24N6O/c15-14-16-9-13(12-10-19(7-8-21)18-17-12)20(14)11-5-3-1-2-4-6-11/h10-11,13,21H,1-9H2,(H2,15,16). The zero-order chi connectivity index (χ0) is 14.7. The summed E-state index contributed by atoms with van der Waals surface area (Å²) in [7, 11) is 0. The van der Waals surface area contributed by atoms with Gasteiger partial charge in [0.2, 0.25) is 0 Å². The monoisotopic (exact) mass is 292 g/mol. The minimum absolute atomic E-state index is 0.0679. The number of nitrogens with two attached hydrogens (primary N) is 1. The van der Waals surface area contributed by atoms with Gasteiger partial charge >= 0.3 is 0 Å². The van der Waals surface area contributed by atoms with Gasteiger partial charge < -0.3 is 15.7 Å². The molecule has 1 aliphatic heterocycles. The molecular weight excluding hydrogens is 268 g/mol. The summed E-state index contributed by atoms with van der Waals surface area (Å²) in [5.74, 6) is 0.642. The van der Waals surface area contributed by atoms with E-state index in [0.29, 0.717) is 25.1 Å². The molecule has 3 rings (SSSR count). The van der Waals surface area contributed by atoms with Crippen molar-refractivity contribution in [2.24, 2.45) is 10.7 Å². The summed E-state index contributed by atoms with van der Waals surface area (Å²) in [6.07, 6.45) is 9.42. The number of aliphatic hydroxyl groups is 1. The number of guanidine groups is 1. The lowest BCUT2D eigenvalue weighted by Gasteiger charge is -2.33. The highest BCUT2D eigenvalue weighted by Crippen LogP contribution is 2.31. The maximum absolute atomic E-state index is 8.98. The second kappa shape index (κ2) is 6.43. The fourth-order valence-electron chi connectivity index (χ4n) is 3.40. The Labute approximate surface area is 124 Å². The Morgan fingerprint density at radius 1 is 1.24 bits per heavy atom. The molecule has 21 heavy (non-hydrogen) atoms. The zero-order valence-corrected chi connectivity index (χ0v) is 12.4. The second-order valence-corrected chi connectivity index (χ2v) is 5.90. The van der Waals surface area contributed by atoms with Crippen LogP contribution in [0.3, 0.4) is 0 Å². The molecule has 0 aromatic carbocycles. The van der Waals surface area contributed by atoms with Crippen LogP contribution in [0.2, 0.25) is 0 Å². The molecule has 1 aromatic heterocycles. The van der Waals surface area contributed by atoms with Crippen molar-refractivity contribution in [3.63, 3.8) is 0 Å². The fourth-order valence-corrected chi connectivity index (χ4v) is 3.40. The summed E-state index contributed by atoms with van der Waals surface area (Å²) < 4.78 is 1.68. The van der Waals surface area contributed by atoms with Crippen LogP contribution < -0.4 is 5.73 Å². The Morgan fingerprint density at radius 2 is 2.00 bits per heavy atom. The number of hydrogen-bond donors (Lipinski definition) is 2. The van der Waals surface area contributed by atoms with Crippen LogP contribution in [0.15, 0.2) is 11.2 Å². The number of hydrogen-bond acceptors (Lipinski definition) is 6. The first-order valence-electron chi connectivity index (χ1n) is 7.88. The van der Waals surface area contributed by atoms with Crippen molar-refractivity contribution in [2.75, 3.05) is 13.2 Å². The van der Waals surface area contributed by atoms with Crippen molar-refractivity contribution in [1.82, 2.24) is 19.9 Å². The van der Waals surface area contributed by atoms with Gasteiger partial charge in [0.25, 0.3) is 0 Å². The van der Waals surface area contributed by atoms with Crippen LogP contribution >= 0.6 is 0 Å². The third-order valence-electron chi connectivity index (χ3n) is 4.47. The van der Waals surface area contributed by atoms with Gasteiger partial charge in [-0.3, -0.25) is 4.99 Å². The van der Waals surface area contributed by atoms with Crippen molar-refractivity contribution < 1.29 is 5.11 Å². The Hall–Kier alpha value is -1.63. The van der Waals surface area contributed by atoms with E-state index in [1.165, 1.54) is 38.5 Å². The quantitative estimate of drug-likeness (QED) is 0.796. The van der Waals surface area contributed by atoms with E-state index in [0.717, 1.165) is 5.69 Å².